The van der Waals surface area contributed by atoms with Gasteiger partial charge in [-0.3, -0.25) is 0 Å². The van der Waals surface area contributed by atoms with Gasteiger partial charge in [-0.1, -0.05) is 115 Å². The average Bonchev–Trinajstić information content (AvgIpc) is 3.65. The van der Waals surface area contributed by atoms with Crippen LogP contribution in [0.2, 0.25) is 0 Å². The van der Waals surface area contributed by atoms with Crippen LogP contribution in [0.5, 0.6) is 0 Å². The Morgan fingerprint density at radius 3 is 1.43 bits per heavy atom. The third kappa shape index (κ3) is 4.73. The van der Waals surface area contributed by atoms with E-state index in [0.717, 1.165) is 12.8 Å². The van der Waals surface area contributed by atoms with Crippen molar-refractivity contribution in [3.05, 3.63) is 193 Å². The van der Waals surface area contributed by atoms with Gasteiger partial charge in [-0.2, -0.15) is 0 Å². The zero-order valence-corrected chi connectivity index (χ0v) is 26.1. The van der Waals surface area contributed by atoms with Gasteiger partial charge in [0.25, 0.3) is 0 Å². The lowest BCUT2D eigenvalue weighted by molar-refractivity contribution is 0.716. The minimum Gasteiger partial charge on any atom is -0.309 e. The molecule has 2 heterocycles. The quantitative estimate of drug-likeness (QED) is 0.172. The highest BCUT2D eigenvalue weighted by molar-refractivity contribution is 6.10. The first-order valence-electron chi connectivity index (χ1n) is 16.5. The van der Waals surface area contributed by atoms with Crippen LogP contribution in [-0.2, 0) is 6.42 Å². The molecule has 0 fully saturated rings. The van der Waals surface area contributed by atoms with Crippen molar-refractivity contribution in [2.45, 2.75) is 18.8 Å². The standard InChI is InChI=1S/C45H34N2/c1-4-14-33(15-5-1)37(34-26-29-45-41(31-34)39-21-11-13-23-43(39)47(45)36-18-8-3-9-19-36)27-24-32-25-28-44-40(30-32)38-20-10-12-22-42(38)46(44)35-16-6-2-7-17-35/h1-23,25-26,28-31,37H,24,27H2. The summed E-state index contributed by atoms with van der Waals surface area (Å²) in [5, 5.41) is 5.21. The molecule has 1 atom stereocenters. The number of aromatic nitrogens is 2. The first-order valence-corrected chi connectivity index (χ1v) is 16.5. The molecule has 224 valence electrons. The third-order valence-electron chi connectivity index (χ3n) is 9.79. The number of fused-ring (bicyclic) bond motifs is 6. The van der Waals surface area contributed by atoms with Gasteiger partial charge in [-0.25, -0.2) is 0 Å². The van der Waals surface area contributed by atoms with E-state index in [1.54, 1.807) is 0 Å². The van der Waals surface area contributed by atoms with Crippen LogP contribution in [0.1, 0.15) is 29.0 Å². The molecule has 0 amide bonds. The average molecular weight is 603 g/mol. The number of nitrogens with zero attached hydrogens (tertiary/aromatic N) is 2. The fraction of sp³-hybridized carbons (Fsp3) is 0.0667. The summed E-state index contributed by atoms with van der Waals surface area (Å²) in [5.74, 6) is 0.279. The molecule has 2 nitrogen and oxygen atoms in total. The molecular weight excluding hydrogens is 569 g/mol. The Hall–Kier alpha value is -5.86. The molecule has 2 heteroatoms. The molecule has 0 saturated carbocycles. The molecule has 0 aliphatic rings. The fourth-order valence-electron chi connectivity index (χ4n) is 7.62. The summed E-state index contributed by atoms with van der Waals surface area (Å²) in [5.41, 5.74) is 11.5. The van der Waals surface area contributed by atoms with Crippen LogP contribution in [0, 0.1) is 0 Å². The SMILES string of the molecule is c1ccc(C(CCc2ccc3c(c2)c2ccccc2n3-c2ccccc2)c2ccc3c(c2)c2ccccc2n3-c2ccccc2)cc1. The van der Waals surface area contributed by atoms with Crippen LogP contribution in [0.15, 0.2) is 176 Å². The van der Waals surface area contributed by atoms with Gasteiger partial charge in [-0.15, -0.1) is 0 Å². The number of benzene rings is 7. The third-order valence-corrected chi connectivity index (χ3v) is 9.79. The Morgan fingerprint density at radius 1 is 0.362 bits per heavy atom. The smallest absolute Gasteiger partial charge is 0.0541 e. The Balaban J connectivity index is 1.12. The zero-order chi connectivity index (χ0) is 31.2. The van der Waals surface area contributed by atoms with Crippen LogP contribution >= 0.6 is 0 Å². The van der Waals surface area contributed by atoms with Crippen LogP contribution in [0.25, 0.3) is 55.0 Å². The normalized spacial score (nSPS) is 12.3. The Morgan fingerprint density at radius 2 is 0.830 bits per heavy atom. The van der Waals surface area contributed by atoms with E-state index in [4.69, 9.17) is 0 Å². The minimum atomic E-state index is 0.279. The van der Waals surface area contributed by atoms with Gasteiger partial charge >= 0.3 is 0 Å². The summed E-state index contributed by atoms with van der Waals surface area (Å²) in [4.78, 5) is 0. The molecule has 9 aromatic rings. The molecule has 0 N–H and O–H groups in total. The van der Waals surface area contributed by atoms with E-state index in [1.165, 1.54) is 71.7 Å². The molecule has 0 radical (unpaired) electrons. The Labute approximate surface area is 274 Å². The van der Waals surface area contributed by atoms with Gasteiger partial charge in [0.1, 0.15) is 0 Å². The maximum absolute atomic E-state index is 2.45. The van der Waals surface area contributed by atoms with Crippen molar-refractivity contribution in [2.75, 3.05) is 0 Å². The number of rotatable bonds is 7. The second-order valence-corrected chi connectivity index (χ2v) is 12.5. The largest absolute Gasteiger partial charge is 0.309 e. The predicted octanol–water partition coefficient (Wildman–Crippen LogP) is 11.6. The highest BCUT2D eigenvalue weighted by Gasteiger charge is 2.19. The second-order valence-electron chi connectivity index (χ2n) is 12.5. The van der Waals surface area contributed by atoms with Gasteiger partial charge < -0.3 is 9.13 Å². The van der Waals surface area contributed by atoms with Gasteiger partial charge in [0, 0.05) is 38.8 Å². The summed E-state index contributed by atoms with van der Waals surface area (Å²) >= 11 is 0. The van der Waals surface area contributed by atoms with E-state index >= 15 is 0 Å². The lowest BCUT2D eigenvalue weighted by Crippen LogP contribution is -2.03. The van der Waals surface area contributed by atoms with E-state index in [2.05, 4.69) is 185 Å². The van der Waals surface area contributed by atoms with Crippen molar-refractivity contribution in [2.24, 2.45) is 0 Å². The monoisotopic (exact) mass is 602 g/mol. The Kier molecular flexibility index (Phi) is 6.71. The van der Waals surface area contributed by atoms with E-state index < -0.39 is 0 Å². The highest BCUT2D eigenvalue weighted by atomic mass is 15.0. The van der Waals surface area contributed by atoms with E-state index in [0.29, 0.717) is 0 Å². The molecule has 2 aromatic heterocycles. The Bertz CT molecular complexity index is 2500. The van der Waals surface area contributed by atoms with Gasteiger partial charge in [0.2, 0.25) is 0 Å². The molecule has 47 heavy (non-hydrogen) atoms. The fourth-order valence-corrected chi connectivity index (χ4v) is 7.62. The second kappa shape index (κ2) is 11.5. The van der Waals surface area contributed by atoms with Crippen molar-refractivity contribution >= 4 is 43.6 Å². The summed E-state index contributed by atoms with van der Waals surface area (Å²) < 4.78 is 4.79. The van der Waals surface area contributed by atoms with Crippen LogP contribution < -0.4 is 0 Å². The topological polar surface area (TPSA) is 9.86 Å². The van der Waals surface area contributed by atoms with Crippen molar-refractivity contribution in [3.63, 3.8) is 0 Å². The molecule has 0 spiro atoms. The predicted molar refractivity (Wildman–Crippen MR) is 198 cm³/mol. The lowest BCUT2D eigenvalue weighted by Gasteiger charge is -2.19. The minimum absolute atomic E-state index is 0.279. The summed E-state index contributed by atoms with van der Waals surface area (Å²) in [7, 11) is 0. The molecule has 7 aromatic carbocycles. The summed E-state index contributed by atoms with van der Waals surface area (Å²) in [6.45, 7) is 0. The van der Waals surface area contributed by atoms with Gasteiger partial charge in [0.05, 0.1) is 22.1 Å². The number of para-hydroxylation sites is 4. The van der Waals surface area contributed by atoms with Crippen LogP contribution in [0.4, 0.5) is 0 Å². The van der Waals surface area contributed by atoms with Crippen molar-refractivity contribution in [1.29, 1.82) is 0 Å². The first kappa shape index (κ1) is 27.5. The number of aryl methyl sites for hydroxylation is 1. The first-order chi connectivity index (χ1) is 23.3. The highest BCUT2D eigenvalue weighted by Crippen LogP contribution is 2.38. The number of hydrogen-bond acceptors (Lipinski definition) is 0. The van der Waals surface area contributed by atoms with Crippen molar-refractivity contribution in [3.8, 4) is 11.4 Å². The lowest BCUT2D eigenvalue weighted by atomic mass is 9.85. The molecule has 0 aliphatic heterocycles. The van der Waals surface area contributed by atoms with E-state index in [-0.39, 0.29) is 5.92 Å². The molecule has 1 unspecified atom stereocenters. The zero-order valence-electron chi connectivity index (χ0n) is 26.1. The molecular formula is C45H34N2. The molecule has 9 rings (SSSR count). The molecule has 0 saturated heterocycles. The van der Waals surface area contributed by atoms with Crippen LogP contribution in [0.3, 0.4) is 0 Å². The van der Waals surface area contributed by atoms with E-state index in [9.17, 15) is 0 Å². The molecule has 0 bridgehead atoms. The summed E-state index contributed by atoms with van der Waals surface area (Å²) in [6.07, 6.45) is 2.01. The van der Waals surface area contributed by atoms with Gasteiger partial charge in [0.15, 0.2) is 0 Å². The summed E-state index contributed by atoms with van der Waals surface area (Å²) in [6, 6.07) is 64.3. The maximum atomic E-state index is 2.45. The van der Waals surface area contributed by atoms with E-state index in [1.807, 2.05) is 0 Å². The van der Waals surface area contributed by atoms with Crippen molar-refractivity contribution < 1.29 is 0 Å². The van der Waals surface area contributed by atoms with Crippen molar-refractivity contribution in [1.82, 2.24) is 9.13 Å². The van der Waals surface area contributed by atoms with Gasteiger partial charge in [-0.05, 0) is 90.2 Å². The number of hydrogen-bond donors (Lipinski definition) is 0. The van der Waals surface area contributed by atoms with Crippen LogP contribution in [-0.4, -0.2) is 9.13 Å². The maximum Gasteiger partial charge on any atom is 0.0541 e. The molecule has 0 aliphatic carbocycles.